The molecule has 1 aliphatic carbocycles. The molecule has 0 spiro atoms. The van der Waals surface area contributed by atoms with Crippen molar-refractivity contribution in [1.82, 2.24) is 20.5 Å². The molecule has 6 nitrogen and oxygen atoms in total. The number of para-hydroxylation sites is 2. The fourth-order valence-electron chi connectivity index (χ4n) is 5.87. The summed E-state index contributed by atoms with van der Waals surface area (Å²) in [6.45, 7) is 6.07. The number of benzene rings is 2. The first-order chi connectivity index (χ1) is 17.7. The number of H-pyrrole nitrogens is 1. The number of aromatic nitrogens is 1. The number of hydrogen-bond acceptors (Lipinski definition) is 4. The molecule has 2 fully saturated rings. The number of amides is 1. The summed E-state index contributed by atoms with van der Waals surface area (Å²) in [6.07, 6.45) is 9.71. The van der Waals surface area contributed by atoms with Crippen LogP contribution in [0.2, 0.25) is 0 Å². The third kappa shape index (κ3) is 6.68. The average Bonchev–Trinajstić information content (AvgIpc) is 3.33. The number of piperazine rings is 1. The Bertz CT molecular complexity index is 1080. The number of nitrogens with one attached hydrogen (secondary N) is 3. The van der Waals surface area contributed by atoms with Gasteiger partial charge in [0.25, 0.3) is 0 Å². The maximum Gasteiger partial charge on any atom is 0.234 e. The van der Waals surface area contributed by atoms with Gasteiger partial charge >= 0.3 is 0 Å². The van der Waals surface area contributed by atoms with E-state index in [0.717, 1.165) is 57.1 Å². The molecule has 1 atom stereocenters. The number of carbonyl (C=O) groups is 1. The molecule has 1 aromatic heterocycles. The molecular weight excluding hydrogens is 446 g/mol. The Hall–Kier alpha value is -2.83. The molecule has 0 radical (unpaired) electrons. The number of nitrogens with zero attached hydrogens (tertiary/aromatic N) is 2. The first kappa shape index (κ1) is 24.8. The van der Waals surface area contributed by atoms with Gasteiger partial charge in [0.1, 0.15) is 0 Å². The predicted molar refractivity (Wildman–Crippen MR) is 148 cm³/mol. The number of carbonyl (C=O) groups excluding carboxylic acids is 1. The highest BCUT2D eigenvalue weighted by Crippen LogP contribution is 2.23. The molecule has 2 aromatic carbocycles. The topological polar surface area (TPSA) is 63.4 Å². The minimum Gasteiger partial charge on any atom is -0.369 e. The third-order valence-corrected chi connectivity index (χ3v) is 7.92. The van der Waals surface area contributed by atoms with E-state index in [9.17, 15) is 4.79 Å². The molecular formula is C30H41N5O. The van der Waals surface area contributed by atoms with E-state index in [0.29, 0.717) is 6.54 Å². The van der Waals surface area contributed by atoms with Crippen molar-refractivity contribution in [2.45, 2.75) is 44.6 Å². The molecule has 1 aliphatic heterocycles. The maximum absolute atomic E-state index is 13.1. The molecule has 3 N–H and O–H groups in total. The fraction of sp³-hybridized carbons (Fsp3) is 0.500. The molecule has 6 heteroatoms. The highest BCUT2D eigenvalue weighted by atomic mass is 16.2. The number of aromatic amines is 1. The van der Waals surface area contributed by atoms with E-state index >= 15 is 0 Å². The van der Waals surface area contributed by atoms with Crippen LogP contribution >= 0.6 is 0 Å². The molecule has 2 aliphatic rings. The van der Waals surface area contributed by atoms with Crippen LogP contribution in [-0.4, -0.2) is 67.6 Å². The van der Waals surface area contributed by atoms with Crippen LogP contribution in [0, 0.1) is 5.92 Å². The van der Waals surface area contributed by atoms with Gasteiger partial charge < -0.3 is 20.5 Å². The summed E-state index contributed by atoms with van der Waals surface area (Å²) in [7, 11) is 0. The summed E-state index contributed by atoms with van der Waals surface area (Å²) in [4.78, 5) is 21.2. The third-order valence-electron chi connectivity index (χ3n) is 7.92. The minimum absolute atomic E-state index is 0.0749. The van der Waals surface area contributed by atoms with E-state index < -0.39 is 0 Å². The van der Waals surface area contributed by atoms with Gasteiger partial charge in [-0.2, -0.15) is 0 Å². The van der Waals surface area contributed by atoms with Crippen molar-refractivity contribution in [3.8, 4) is 0 Å². The Morgan fingerprint density at radius 1 is 0.944 bits per heavy atom. The highest BCUT2D eigenvalue weighted by molar-refractivity contribution is 5.83. The Labute approximate surface area is 215 Å². The molecule has 3 aromatic rings. The van der Waals surface area contributed by atoms with Gasteiger partial charge in [0.05, 0.1) is 6.54 Å². The Balaban J connectivity index is 1.15. The molecule has 1 unspecified atom stereocenters. The zero-order chi connectivity index (χ0) is 24.6. The zero-order valence-corrected chi connectivity index (χ0v) is 21.4. The summed E-state index contributed by atoms with van der Waals surface area (Å²) in [5.41, 5.74) is 3.69. The summed E-state index contributed by atoms with van der Waals surface area (Å²) in [5.74, 6) is 0.913. The lowest BCUT2D eigenvalue weighted by Gasteiger charge is -2.36. The Morgan fingerprint density at radius 3 is 2.50 bits per heavy atom. The smallest absolute Gasteiger partial charge is 0.234 e. The summed E-state index contributed by atoms with van der Waals surface area (Å²) >= 11 is 0. The van der Waals surface area contributed by atoms with Crippen LogP contribution in [0.3, 0.4) is 0 Å². The molecule has 1 saturated carbocycles. The van der Waals surface area contributed by atoms with Crippen molar-refractivity contribution in [2.75, 3.05) is 50.7 Å². The van der Waals surface area contributed by atoms with Crippen LogP contribution in [0.25, 0.3) is 10.9 Å². The molecule has 1 saturated heterocycles. The van der Waals surface area contributed by atoms with Gasteiger partial charge in [-0.1, -0.05) is 55.7 Å². The lowest BCUT2D eigenvalue weighted by atomic mass is 9.89. The molecule has 5 rings (SSSR count). The first-order valence-electron chi connectivity index (χ1n) is 13.8. The van der Waals surface area contributed by atoms with Crippen LogP contribution in [0.4, 0.5) is 5.69 Å². The van der Waals surface area contributed by atoms with E-state index in [2.05, 4.69) is 86.2 Å². The van der Waals surface area contributed by atoms with Gasteiger partial charge in [0.15, 0.2) is 0 Å². The van der Waals surface area contributed by atoms with Gasteiger partial charge in [-0.15, -0.1) is 0 Å². The Kier molecular flexibility index (Phi) is 8.57. The van der Waals surface area contributed by atoms with Gasteiger partial charge in [-0.3, -0.25) is 9.69 Å². The monoisotopic (exact) mass is 487 g/mol. The quantitative estimate of drug-likeness (QED) is 0.401. The van der Waals surface area contributed by atoms with Crippen molar-refractivity contribution in [1.29, 1.82) is 0 Å². The van der Waals surface area contributed by atoms with Crippen molar-refractivity contribution < 1.29 is 4.79 Å². The van der Waals surface area contributed by atoms with Crippen molar-refractivity contribution >= 4 is 22.5 Å². The second kappa shape index (κ2) is 12.4. The summed E-state index contributed by atoms with van der Waals surface area (Å²) in [5, 5.41) is 8.33. The SMILES string of the molecule is O=C(CN1CCN(c2ccccc2)CC1)NC(CNCC1CCCCC1)Cc1c[nH]c2ccccc12. The van der Waals surface area contributed by atoms with E-state index in [4.69, 9.17) is 0 Å². The number of anilines is 1. The van der Waals surface area contributed by atoms with Crippen LogP contribution < -0.4 is 15.5 Å². The maximum atomic E-state index is 13.1. The molecule has 2 heterocycles. The molecule has 36 heavy (non-hydrogen) atoms. The number of hydrogen-bond donors (Lipinski definition) is 3. The standard InChI is InChI=1S/C30H41N5O/c36-30(23-34-15-17-35(18-16-34)27-11-5-2-6-12-27)33-26(22-31-20-24-9-3-1-4-10-24)19-25-21-32-29-14-8-7-13-28(25)29/h2,5-8,11-14,21,24,26,31-32H,1,3-4,9-10,15-20,22-23H2,(H,33,36). The largest absolute Gasteiger partial charge is 0.369 e. The first-order valence-corrected chi connectivity index (χ1v) is 13.8. The zero-order valence-electron chi connectivity index (χ0n) is 21.4. The second-order valence-corrected chi connectivity index (χ2v) is 10.6. The number of rotatable bonds is 10. The van der Waals surface area contributed by atoms with Crippen LogP contribution in [0.5, 0.6) is 0 Å². The van der Waals surface area contributed by atoms with Crippen LogP contribution in [0.1, 0.15) is 37.7 Å². The molecule has 192 valence electrons. The lowest BCUT2D eigenvalue weighted by molar-refractivity contribution is -0.123. The summed E-state index contributed by atoms with van der Waals surface area (Å²) in [6, 6.07) is 19.1. The Morgan fingerprint density at radius 2 is 1.69 bits per heavy atom. The van der Waals surface area contributed by atoms with Gasteiger partial charge in [0, 0.05) is 61.6 Å². The van der Waals surface area contributed by atoms with E-state index in [1.54, 1.807) is 0 Å². The van der Waals surface area contributed by atoms with E-state index in [-0.39, 0.29) is 11.9 Å². The molecule has 0 bridgehead atoms. The van der Waals surface area contributed by atoms with Crippen LogP contribution in [0.15, 0.2) is 60.8 Å². The minimum atomic E-state index is 0.0749. The van der Waals surface area contributed by atoms with E-state index in [1.165, 1.54) is 48.7 Å². The van der Waals surface area contributed by atoms with Crippen LogP contribution in [-0.2, 0) is 11.2 Å². The normalized spacial score (nSPS) is 18.4. The number of fused-ring (bicyclic) bond motifs is 1. The summed E-state index contributed by atoms with van der Waals surface area (Å²) < 4.78 is 0. The fourth-order valence-corrected chi connectivity index (χ4v) is 5.87. The van der Waals surface area contributed by atoms with E-state index in [1.807, 2.05) is 0 Å². The second-order valence-electron chi connectivity index (χ2n) is 10.6. The van der Waals surface area contributed by atoms with Crippen molar-refractivity contribution in [3.05, 3.63) is 66.4 Å². The predicted octanol–water partition coefficient (Wildman–Crippen LogP) is 4.19. The lowest BCUT2D eigenvalue weighted by Crippen LogP contribution is -2.52. The van der Waals surface area contributed by atoms with Gasteiger partial charge in [0.2, 0.25) is 5.91 Å². The highest BCUT2D eigenvalue weighted by Gasteiger charge is 2.22. The van der Waals surface area contributed by atoms with Gasteiger partial charge in [-0.05, 0) is 55.5 Å². The van der Waals surface area contributed by atoms with Gasteiger partial charge in [-0.25, -0.2) is 0 Å². The molecule has 1 amide bonds. The van der Waals surface area contributed by atoms with Crippen molar-refractivity contribution in [3.63, 3.8) is 0 Å². The van der Waals surface area contributed by atoms with Crippen molar-refractivity contribution in [2.24, 2.45) is 5.92 Å². The average molecular weight is 488 g/mol.